The summed E-state index contributed by atoms with van der Waals surface area (Å²) in [6.07, 6.45) is 2.97. The lowest BCUT2D eigenvalue weighted by Crippen LogP contribution is -2.05. The first kappa shape index (κ1) is 14.9. The molecule has 1 aromatic heterocycles. The van der Waals surface area contributed by atoms with Crippen molar-refractivity contribution in [3.63, 3.8) is 0 Å². The van der Waals surface area contributed by atoms with E-state index >= 15 is 0 Å². The second-order valence-electron chi connectivity index (χ2n) is 3.91. The van der Waals surface area contributed by atoms with E-state index in [0.29, 0.717) is 12.4 Å². The van der Waals surface area contributed by atoms with E-state index in [1.807, 2.05) is 0 Å². The standard InChI is InChI=1S/C12H16N4O3/c1-19-8-4-2-3-7-14-12-6-5-11(16(17)18)10(9-13)15-12/h5-6H,2-4,7-8H2,1H3,(H,14,15). The number of ether oxygens (including phenoxy) is 1. The molecule has 0 saturated carbocycles. The van der Waals surface area contributed by atoms with Gasteiger partial charge in [0, 0.05) is 26.3 Å². The van der Waals surface area contributed by atoms with Gasteiger partial charge in [0.1, 0.15) is 11.9 Å². The molecule has 0 fully saturated rings. The number of nitro groups is 1. The van der Waals surface area contributed by atoms with Gasteiger partial charge in [-0.15, -0.1) is 0 Å². The number of nitriles is 1. The summed E-state index contributed by atoms with van der Waals surface area (Å²) in [6, 6.07) is 4.52. The number of rotatable bonds is 8. The van der Waals surface area contributed by atoms with Crippen molar-refractivity contribution in [1.82, 2.24) is 4.98 Å². The third kappa shape index (κ3) is 4.89. The van der Waals surface area contributed by atoms with Gasteiger partial charge in [-0.25, -0.2) is 4.98 Å². The van der Waals surface area contributed by atoms with Gasteiger partial charge in [-0.1, -0.05) is 0 Å². The predicted octanol–water partition coefficient (Wildman–Crippen LogP) is 2.09. The maximum atomic E-state index is 10.6. The fourth-order valence-corrected chi connectivity index (χ4v) is 1.54. The van der Waals surface area contributed by atoms with Crippen molar-refractivity contribution in [3.05, 3.63) is 27.9 Å². The number of aromatic nitrogens is 1. The molecule has 1 N–H and O–H groups in total. The summed E-state index contributed by atoms with van der Waals surface area (Å²) in [6.45, 7) is 1.45. The number of unbranched alkanes of at least 4 members (excludes halogenated alkanes) is 2. The van der Waals surface area contributed by atoms with Crippen molar-refractivity contribution >= 4 is 11.5 Å². The lowest BCUT2D eigenvalue weighted by Gasteiger charge is -2.05. The Hall–Kier alpha value is -2.20. The minimum absolute atomic E-state index is 0.172. The molecule has 0 aliphatic rings. The fraction of sp³-hybridized carbons (Fsp3) is 0.500. The van der Waals surface area contributed by atoms with E-state index in [9.17, 15) is 10.1 Å². The average Bonchev–Trinajstić information content (AvgIpc) is 2.42. The van der Waals surface area contributed by atoms with E-state index in [2.05, 4.69) is 10.3 Å². The van der Waals surface area contributed by atoms with Crippen LogP contribution in [0.5, 0.6) is 0 Å². The minimum Gasteiger partial charge on any atom is -0.385 e. The number of pyridine rings is 1. The van der Waals surface area contributed by atoms with Crippen LogP contribution in [0, 0.1) is 21.4 Å². The molecule has 0 aromatic carbocycles. The zero-order chi connectivity index (χ0) is 14.1. The molecule has 0 radical (unpaired) electrons. The van der Waals surface area contributed by atoms with Gasteiger partial charge in [-0.05, 0) is 25.3 Å². The summed E-state index contributed by atoms with van der Waals surface area (Å²) in [5.41, 5.74) is -0.442. The Balaban J connectivity index is 2.47. The van der Waals surface area contributed by atoms with Gasteiger partial charge < -0.3 is 10.1 Å². The van der Waals surface area contributed by atoms with Crippen LogP contribution in [0.25, 0.3) is 0 Å². The summed E-state index contributed by atoms with van der Waals surface area (Å²) >= 11 is 0. The van der Waals surface area contributed by atoms with Gasteiger partial charge in [0.25, 0.3) is 0 Å². The van der Waals surface area contributed by atoms with Gasteiger partial charge in [0.2, 0.25) is 5.69 Å². The first-order chi connectivity index (χ1) is 9.19. The zero-order valence-electron chi connectivity index (χ0n) is 10.8. The number of methoxy groups -OCH3 is 1. The van der Waals surface area contributed by atoms with Gasteiger partial charge in [-0.2, -0.15) is 5.26 Å². The van der Waals surface area contributed by atoms with Crippen LogP contribution in [0.3, 0.4) is 0 Å². The number of nitrogens with one attached hydrogen (secondary N) is 1. The molecular formula is C12H16N4O3. The van der Waals surface area contributed by atoms with Crippen molar-refractivity contribution < 1.29 is 9.66 Å². The number of nitrogens with zero attached hydrogens (tertiary/aromatic N) is 3. The van der Waals surface area contributed by atoms with Crippen molar-refractivity contribution in [3.8, 4) is 6.07 Å². The summed E-state index contributed by atoms with van der Waals surface area (Å²) in [5, 5.41) is 22.5. The second-order valence-corrected chi connectivity index (χ2v) is 3.91. The molecule has 1 rings (SSSR count). The van der Waals surface area contributed by atoms with Gasteiger partial charge in [-0.3, -0.25) is 10.1 Å². The molecule has 0 bridgehead atoms. The summed E-state index contributed by atoms with van der Waals surface area (Å²) in [5.74, 6) is 0.480. The summed E-state index contributed by atoms with van der Waals surface area (Å²) < 4.78 is 4.94. The van der Waals surface area contributed by atoms with Crippen LogP contribution in [0.4, 0.5) is 11.5 Å². The molecular weight excluding hydrogens is 248 g/mol. The normalized spacial score (nSPS) is 9.89. The third-order valence-electron chi connectivity index (χ3n) is 2.51. The molecule has 0 unspecified atom stereocenters. The van der Waals surface area contributed by atoms with Crippen LogP contribution in [0.1, 0.15) is 25.0 Å². The average molecular weight is 264 g/mol. The van der Waals surface area contributed by atoms with Crippen LogP contribution < -0.4 is 5.32 Å². The fourth-order valence-electron chi connectivity index (χ4n) is 1.54. The first-order valence-electron chi connectivity index (χ1n) is 5.97. The molecule has 7 nitrogen and oxygen atoms in total. The highest BCUT2D eigenvalue weighted by molar-refractivity contribution is 5.50. The molecule has 19 heavy (non-hydrogen) atoms. The molecule has 0 atom stereocenters. The van der Waals surface area contributed by atoms with Gasteiger partial charge in [0.05, 0.1) is 4.92 Å². The minimum atomic E-state index is -0.611. The molecule has 1 aromatic rings. The molecule has 0 aliphatic carbocycles. The van der Waals surface area contributed by atoms with E-state index in [1.165, 1.54) is 12.1 Å². The van der Waals surface area contributed by atoms with E-state index in [-0.39, 0.29) is 11.4 Å². The van der Waals surface area contributed by atoms with Gasteiger partial charge in [0.15, 0.2) is 0 Å². The molecule has 1 heterocycles. The number of anilines is 1. The van der Waals surface area contributed by atoms with Crippen LogP contribution in [-0.2, 0) is 4.74 Å². The Bertz CT molecular complexity index is 471. The van der Waals surface area contributed by atoms with Gasteiger partial charge >= 0.3 is 5.69 Å². The van der Waals surface area contributed by atoms with E-state index < -0.39 is 4.92 Å². The highest BCUT2D eigenvalue weighted by Crippen LogP contribution is 2.17. The molecule has 0 spiro atoms. The topological polar surface area (TPSA) is 101 Å². The zero-order valence-corrected chi connectivity index (χ0v) is 10.8. The van der Waals surface area contributed by atoms with E-state index in [0.717, 1.165) is 25.9 Å². The SMILES string of the molecule is COCCCCCNc1ccc([N+](=O)[O-])c(C#N)n1. The third-order valence-corrected chi connectivity index (χ3v) is 2.51. The lowest BCUT2D eigenvalue weighted by atomic mass is 10.2. The van der Waals surface area contributed by atoms with Crippen molar-refractivity contribution in [2.45, 2.75) is 19.3 Å². The molecule has 102 valence electrons. The van der Waals surface area contributed by atoms with Crippen LogP contribution >= 0.6 is 0 Å². The Morgan fingerprint density at radius 3 is 2.89 bits per heavy atom. The van der Waals surface area contributed by atoms with Crippen molar-refractivity contribution in [2.24, 2.45) is 0 Å². The second kappa shape index (κ2) is 8.00. The lowest BCUT2D eigenvalue weighted by molar-refractivity contribution is -0.385. The molecule has 0 aliphatic heterocycles. The molecule has 0 amide bonds. The van der Waals surface area contributed by atoms with E-state index in [1.54, 1.807) is 13.2 Å². The van der Waals surface area contributed by atoms with Crippen molar-refractivity contribution in [1.29, 1.82) is 5.26 Å². The highest BCUT2D eigenvalue weighted by Gasteiger charge is 2.15. The molecule has 0 saturated heterocycles. The Kier molecular flexibility index (Phi) is 6.26. The predicted molar refractivity (Wildman–Crippen MR) is 69.8 cm³/mol. The smallest absolute Gasteiger partial charge is 0.305 e. The van der Waals surface area contributed by atoms with Crippen molar-refractivity contribution in [2.75, 3.05) is 25.6 Å². The first-order valence-corrected chi connectivity index (χ1v) is 5.97. The maximum Gasteiger partial charge on any atom is 0.305 e. The maximum absolute atomic E-state index is 10.6. The van der Waals surface area contributed by atoms with E-state index in [4.69, 9.17) is 10.00 Å². The van der Waals surface area contributed by atoms with Crippen LogP contribution in [-0.4, -0.2) is 30.2 Å². The van der Waals surface area contributed by atoms with Crippen LogP contribution in [0.2, 0.25) is 0 Å². The molecule has 7 heteroatoms. The van der Waals surface area contributed by atoms with Crippen LogP contribution in [0.15, 0.2) is 12.1 Å². The largest absolute Gasteiger partial charge is 0.385 e. The number of hydrogen-bond donors (Lipinski definition) is 1. The summed E-state index contributed by atoms with van der Waals surface area (Å²) in [4.78, 5) is 13.9. The quantitative estimate of drug-likeness (QED) is 0.438. The monoisotopic (exact) mass is 264 g/mol. The number of hydrogen-bond acceptors (Lipinski definition) is 6. The Morgan fingerprint density at radius 1 is 1.47 bits per heavy atom. The highest BCUT2D eigenvalue weighted by atomic mass is 16.6. The Morgan fingerprint density at radius 2 is 2.26 bits per heavy atom. The Labute approximate surface area is 111 Å². The summed E-state index contributed by atoms with van der Waals surface area (Å²) in [7, 11) is 1.67.